The first-order valence-electron chi connectivity index (χ1n) is 6.80. The molecule has 2 rings (SSSR count). The van der Waals surface area contributed by atoms with Crippen molar-refractivity contribution >= 4 is 11.8 Å². The molecule has 5 heteroatoms. The molecule has 4 nitrogen and oxygen atoms in total. The van der Waals surface area contributed by atoms with Crippen LogP contribution in [0.5, 0.6) is 0 Å². The highest BCUT2D eigenvalue weighted by Gasteiger charge is 2.21. The van der Waals surface area contributed by atoms with Crippen LogP contribution in [0.3, 0.4) is 0 Å². The van der Waals surface area contributed by atoms with Gasteiger partial charge in [-0.3, -0.25) is 0 Å². The molecular weight excluding hydrogens is 272 g/mol. The number of aryl methyl sites for hydroxylation is 1. The van der Waals surface area contributed by atoms with E-state index in [1.165, 1.54) is 10.5 Å². The quantitative estimate of drug-likeness (QED) is 0.825. The number of benzene rings is 1. The van der Waals surface area contributed by atoms with E-state index in [4.69, 9.17) is 4.52 Å². The van der Waals surface area contributed by atoms with Crippen LogP contribution in [0.15, 0.2) is 33.7 Å². The van der Waals surface area contributed by atoms with Gasteiger partial charge in [-0.2, -0.15) is 4.98 Å². The Balaban J connectivity index is 1.99. The second-order valence-corrected chi connectivity index (χ2v) is 5.96. The standard InChI is InChI=1S/C15H20N2O2S/c1-4-13(11(3)18)15-16-14(17-19-15)9-20-12-7-5-6-10(2)8-12/h5-8,11,13,18H,4,9H2,1-3H3. The van der Waals surface area contributed by atoms with Crippen molar-refractivity contribution in [3.63, 3.8) is 0 Å². The van der Waals surface area contributed by atoms with Crippen LogP contribution in [0.25, 0.3) is 0 Å². The van der Waals surface area contributed by atoms with Gasteiger partial charge in [-0.25, -0.2) is 0 Å². The van der Waals surface area contributed by atoms with Crippen LogP contribution in [0.2, 0.25) is 0 Å². The van der Waals surface area contributed by atoms with Crippen molar-refractivity contribution in [3.05, 3.63) is 41.5 Å². The minimum absolute atomic E-state index is 0.0831. The average Bonchev–Trinajstić information content (AvgIpc) is 2.85. The summed E-state index contributed by atoms with van der Waals surface area (Å²) >= 11 is 1.68. The van der Waals surface area contributed by atoms with Gasteiger partial charge in [0.15, 0.2) is 5.82 Å². The topological polar surface area (TPSA) is 59.2 Å². The fourth-order valence-electron chi connectivity index (χ4n) is 2.05. The summed E-state index contributed by atoms with van der Waals surface area (Å²) < 4.78 is 5.26. The van der Waals surface area contributed by atoms with Gasteiger partial charge in [-0.15, -0.1) is 11.8 Å². The van der Waals surface area contributed by atoms with Crippen molar-refractivity contribution in [1.29, 1.82) is 0 Å². The lowest BCUT2D eigenvalue weighted by atomic mass is 10.0. The molecule has 1 aromatic heterocycles. The number of thioether (sulfide) groups is 1. The lowest BCUT2D eigenvalue weighted by Crippen LogP contribution is -2.14. The van der Waals surface area contributed by atoms with Gasteiger partial charge in [-0.1, -0.05) is 29.8 Å². The van der Waals surface area contributed by atoms with Gasteiger partial charge in [0.05, 0.1) is 17.8 Å². The number of hydrogen-bond donors (Lipinski definition) is 1. The highest BCUT2D eigenvalue weighted by Crippen LogP contribution is 2.25. The predicted octanol–water partition coefficient (Wildman–Crippen LogP) is 3.54. The van der Waals surface area contributed by atoms with Crippen LogP contribution in [0, 0.1) is 6.92 Å². The molecule has 0 aliphatic heterocycles. The molecule has 0 fully saturated rings. The number of aromatic nitrogens is 2. The van der Waals surface area contributed by atoms with Crippen molar-refractivity contribution in [2.45, 2.75) is 49.9 Å². The first kappa shape index (κ1) is 15.1. The highest BCUT2D eigenvalue weighted by atomic mass is 32.2. The number of aliphatic hydroxyl groups excluding tert-OH is 1. The van der Waals surface area contributed by atoms with Crippen molar-refractivity contribution in [2.75, 3.05) is 0 Å². The molecule has 2 aromatic rings. The summed E-state index contributed by atoms with van der Waals surface area (Å²) in [5.41, 5.74) is 1.24. The first-order valence-corrected chi connectivity index (χ1v) is 7.78. The summed E-state index contributed by atoms with van der Waals surface area (Å²) in [7, 11) is 0. The Morgan fingerprint density at radius 1 is 1.40 bits per heavy atom. The minimum Gasteiger partial charge on any atom is -0.393 e. The van der Waals surface area contributed by atoms with Crippen molar-refractivity contribution in [1.82, 2.24) is 10.1 Å². The molecule has 0 aliphatic rings. The van der Waals surface area contributed by atoms with Crippen molar-refractivity contribution in [2.24, 2.45) is 0 Å². The summed E-state index contributed by atoms with van der Waals surface area (Å²) in [5.74, 6) is 1.79. The molecule has 20 heavy (non-hydrogen) atoms. The third kappa shape index (κ3) is 3.84. The predicted molar refractivity (Wildman–Crippen MR) is 79.8 cm³/mol. The maximum Gasteiger partial charge on any atom is 0.232 e. The van der Waals surface area contributed by atoms with Gasteiger partial charge < -0.3 is 9.63 Å². The van der Waals surface area contributed by atoms with E-state index in [2.05, 4.69) is 35.3 Å². The van der Waals surface area contributed by atoms with Crippen molar-refractivity contribution < 1.29 is 9.63 Å². The Morgan fingerprint density at radius 3 is 2.85 bits per heavy atom. The Hall–Kier alpha value is -1.33. The van der Waals surface area contributed by atoms with E-state index in [1.54, 1.807) is 18.7 Å². The fraction of sp³-hybridized carbons (Fsp3) is 0.467. The second kappa shape index (κ2) is 6.90. The van der Waals surface area contributed by atoms with E-state index in [0.717, 1.165) is 6.42 Å². The van der Waals surface area contributed by atoms with Crippen LogP contribution < -0.4 is 0 Å². The van der Waals surface area contributed by atoms with Gasteiger partial charge in [0.1, 0.15) is 0 Å². The van der Waals surface area contributed by atoms with E-state index in [9.17, 15) is 5.11 Å². The van der Waals surface area contributed by atoms with Gasteiger partial charge in [0.2, 0.25) is 5.89 Å². The Bertz CT molecular complexity index is 554. The lowest BCUT2D eigenvalue weighted by Gasteiger charge is -2.12. The second-order valence-electron chi connectivity index (χ2n) is 4.91. The van der Waals surface area contributed by atoms with Crippen LogP contribution in [-0.2, 0) is 5.75 Å². The third-order valence-electron chi connectivity index (χ3n) is 3.18. The maximum atomic E-state index is 9.68. The fourth-order valence-corrected chi connectivity index (χ4v) is 2.91. The molecule has 0 spiro atoms. The third-order valence-corrected chi connectivity index (χ3v) is 4.17. The number of hydrogen-bond acceptors (Lipinski definition) is 5. The zero-order valence-electron chi connectivity index (χ0n) is 12.0. The van der Waals surface area contributed by atoms with Gasteiger partial charge in [0, 0.05) is 4.90 Å². The minimum atomic E-state index is -0.474. The van der Waals surface area contributed by atoms with E-state index < -0.39 is 6.10 Å². The maximum absolute atomic E-state index is 9.68. The monoisotopic (exact) mass is 292 g/mol. The Kier molecular flexibility index (Phi) is 5.20. The smallest absolute Gasteiger partial charge is 0.232 e. The largest absolute Gasteiger partial charge is 0.393 e. The summed E-state index contributed by atoms with van der Waals surface area (Å²) in [5, 5.41) is 13.7. The Morgan fingerprint density at radius 2 is 2.20 bits per heavy atom. The van der Waals surface area contributed by atoms with E-state index >= 15 is 0 Å². The normalized spacial score (nSPS) is 14.2. The van der Waals surface area contributed by atoms with E-state index in [0.29, 0.717) is 17.5 Å². The van der Waals surface area contributed by atoms with Gasteiger partial charge in [-0.05, 0) is 32.4 Å². The lowest BCUT2D eigenvalue weighted by molar-refractivity contribution is 0.141. The molecule has 0 saturated carbocycles. The summed E-state index contributed by atoms with van der Waals surface area (Å²) in [6, 6.07) is 8.32. The number of nitrogens with zero attached hydrogens (tertiary/aromatic N) is 2. The first-order chi connectivity index (χ1) is 9.60. The van der Waals surface area contributed by atoms with Crippen molar-refractivity contribution in [3.8, 4) is 0 Å². The average molecular weight is 292 g/mol. The molecule has 2 unspecified atom stereocenters. The van der Waals surface area contributed by atoms with Crippen LogP contribution in [0.1, 0.15) is 43.5 Å². The molecule has 0 bridgehead atoms. The van der Waals surface area contributed by atoms with E-state index in [1.807, 2.05) is 13.0 Å². The summed E-state index contributed by atoms with van der Waals surface area (Å²) in [6.45, 7) is 5.83. The molecule has 1 N–H and O–H groups in total. The molecule has 1 aromatic carbocycles. The van der Waals surface area contributed by atoms with Crippen LogP contribution in [0.4, 0.5) is 0 Å². The molecular formula is C15H20N2O2S. The highest BCUT2D eigenvalue weighted by molar-refractivity contribution is 7.98. The van der Waals surface area contributed by atoms with Crippen LogP contribution >= 0.6 is 11.8 Å². The molecule has 2 atom stereocenters. The molecule has 0 saturated heterocycles. The molecule has 0 radical (unpaired) electrons. The van der Waals surface area contributed by atoms with Gasteiger partial charge in [0.25, 0.3) is 0 Å². The van der Waals surface area contributed by atoms with Gasteiger partial charge >= 0.3 is 0 Å². The zero-order valence-corrected chi connectivity index (χ0v) is 12.9. The van der Waals surface area contributed by atoms with E-state index in [-0.39, 0.29) is 5.92 Å². The number of rotatable bonds is 6. The molecule has 0 amide bonds. The Labute approximate surface area is 123 Å². The zero-order chi connectivity index (χ0) is 14.5. The number of aliphatic hydroxyl groups is 1. The molecule has 108 valence electrons. The van der Waals surface area contributed by atoms with Crippen LogP contribution in [-0.4, -0.2) is 21.4 Å². The summed E-state index contributed by atoms with van der Waals surface area (Å²) in [6.07, 6.45) is 0.308. The molecule has 0 aliphatic carbocycles. The molecule has 1 heterocycles. The summed E-state index contributed by atoms with van der Waals surface area (Å²) in [4.78, 5) is 5.57. The SMILES string of the molecule is CCC(c1nc(CSc2cccc(C)c2)no1)C(C)O.